The molecule has 0 bridgehead atoms. The average Bonchev–Trinajstić information content (AvgIpc) is 2.26. The predicted octanol–water partition coefficient (Wildman–Crippen LogP) is 4.12. The summed E-state index contributed by atoms with van der Waals surface area (Å²) < 4.78 is 0. The normalized spacial score (nSPS) is 12.5. The Hall–Kier alpha value is -0.820. The minimum absolute atomic E-state index is 0.231. The van der Waals surface area contributed by atoms with E-state index in [4.69, 9.17) is 0 Å². The van der Waals surface area contributed by atoms with Crippen molar-refractivity contribution in [1.29, 1.82) is 0 Å². The molecule has 0 fully saturated rings. The van der Waals surface area contributed by atoms with Gasteiger partial charge in [0.25, 0.3) is 0 Å². The summed E-state index contributed by atoms with van der Waals surface area (Å²) in [7, 11) is 0. The monoisotopic (exact) mass is 233 g/mol. The van der Waals surface area contributed by atoms with E-state index < -0.39 is 0 Å². The zero-order chi connectivity index (χ0) is 13.1. The first kappa shape index (κ1) is 14.2. The molecule has 1 aromatic rings. The molecule has 0 spiro atoms. The fourth-order valence-corrected chi connectivity index (χ4v) is 1.93. The van der Waals surface area contributed by atoms with E-state index in [1.807, 2.05) is 0 Å². The molecule has 1 rings (SSSR count). The van der Waals surface area contributed by atoms with E-state index in [1.54, 1.807) is 0 Å². The highest BCUT2D eigenvalue weighted by atomic mass is 14.9. The first-order valence-electron chi connectivity index (χ1n) is 6.67. The average molecular weight is 233 g/mol. The quantitative estimate of drug-likeness (QED) is 0.806. The van der Waals surface area contributed by atoms with E-state index in [9.17, 15) is 0 Å². The van der Waals surface area contributed by atoms with E-state index in [-0.39, 0.29) is 5.41 Å². The lowest BCUT2D eigenvalue weighted by Gasteiger charge is -2.32. The summed E-state index contributed by atoms with van der Waals surface area (Å²) in [4.78, 5) is 0. The Kier molecular flexibility index (Phi) is 4.76. The van der Waals surface area contributed by atoms with Crippen molar-refractivity contribution >= 4 is 0 Å². The molecule has 0 saturated carbocycles. The zero-order valence-electron chi connectivity index (χ0n) is 12.2. The van der Waals surface area contributed by atoms with Crippen molar-refractivity contribution < 1.29 is 0 Å². The van der Waals surface area contributed by atoms with Crippen molar-refractivity contribution in [2.45, 2.75) is 59.5 Å². The van der Waals surface area contributed by atoms with Crippen LogP contribution in [0, 0.1) is 5.92 Å². The van der Waals surface area contributed by atoms with Gasteiger partial charge in [-0.15, -0.1) is 0 Å². The molecule has 1 heteroatoms. The van der Waals surface area contributed by atoms with Crippen LogP contribution in [0.4, 0.5) is 0 Å². The first-order valence-corrected chi connectivity index (χ1v) is 6.67. The molecule has 0 heterocycles. The number of hydrogen-bond donors (Lipinski definition) is 1. The highest BCUT2D eigenvalue weighted by Crippen LogP contribution is 2.33. The van der Waals surface area contributed by atoms with Gasteiger partial charge in [0.2, 0.25) is 0 Å². The molecule has 1 aromatic carbocycles. The Morgan fingerprint density at radius 1 is 1.06 bits per heavy atom. The van der Waals surface area contributed by atoms with E-state index >= 15 is 0 Å². The van der Waals surface area contributed by atoms with Crippen LogP contribution >= 0.6 is 0 Å². The second-order valence-corrected chi connectivity index (χ2v) is 6.07. The van der Waals surface area contributed by atoms with Crippen molar-refractivity contribution in [2.24, 2.45) is 5.92 Å². The second kappa shape index (κ2) is 5.68. The maximum Gasteiger partial charge on any atom is 0.0210 e. The molecule has 1 N–H and O–H groups in total. The smallest absolute Gasteiger partial charge is 0.0210 e. The molecular weight excluding hydrogens is 206 g/mol. The third kappa shape index (κ3) is 3.57. The predicted molar refractivity (Wildman–Crippen MR) is 76.3 cm³/mol. The molecule has 0 saturated heterocycles. The highest BCUT2D eigenvalue weighted by molar-refractivity contribution is 5.33. The van der Waals surface area contributed by atoms with Crippen LogP contribution in [0.2, 0.25) is 0 Å². The van der Waals surface area contributed by atoms with Crippen LogP contribution in [0.3, 0.4) is 0 Å². The second-order valence-electron chi connectivity index (χ2n) is 6.07. The van der Waals surface area contributed by atoms with Crippen molar-refractivity contribution in [2.75, 3.05) is 0 Å². The van der Waals surface area contributed by atoms with Gasteiger partial charge in [-0.3, -0.25) is 0 Å². The first-order chi connectivity index (χ1) is 7.85. The molecule has 0 aliphatic rings. The van der Waals surface area contributed by atoms with E-state index in [2.05, 4.69) is 71.1 Å². The number of rotatable bonds is 5. The number of hydrogen-bond acceptors (Lipinski definition) is 1. The van der Waals surface area contributed by atoms with Crippen LogP contribution < -0.4 is 5.32 Å². The summed E-state index contributed by atoms with van der Waals surface area (Å²) in [6.45, 7) is 14.6. The summed E-state index contributed by atoms with van der Waals surface area (Å²) in [6.07, 6.45) is 0. The third-order valence-corrected chi connectivity index (χ3v) is 3.86. The molecule has 0 radical (unpaired) electrons. The molecule has 0 aliphatic heterocycles. The molecule has 96 valence electrons. The molecule has 1 nitrogen and oxygen atoms in total. The van der Waals surface area contributed by atoms with Crippen molar-refractivity contribution in [3.8, 4) is 0 Å². The van der Waals surface area contributed by atoms with Gasteiger partial charge in [-0.25, -0.2) is 0 Å². The molecule has 0 amide bonds. The summed E-state index contributed by atoms with van der Waals surface area (Å²) >= 11 is 0. The van der Waals surface area contributed by atoms with Crippen LogP contribution in [0.25, 0.3) is 0 Å². The van der Waals surface area contributed by atoms with E-state index in [0.29, 0.717) is 12.0 Å². The molecule has 0 aliphatic carbocycles. The summed E-state index contributed by atoms with van der Waals surface area (Å²) in [5.74, 6) is 0.641. The van der Waals surface area contributed by atoms with Gasteiger partial charge in [-0.05, 0) is 22.5 Å². The standard InChI is InChI=1S/C16H27N/c1-12(2)16(5,6)15-10-8-7-9-14(15)11-17-13(3)4/h7-10,12-13,17H,11H2,1-6H3. The van der Waals surface area contributed by atoms with E-state index in [1.165, 1.54) is 11.1 Å². The fraction of sp³-hybridized carbons (Fsp3) is 0.625. The maximum atomic E-state index is 3.51. The zero-order valence-corrected chi connectivity index (χ0v) is 12.2. The lowest BCUT2D eigenvalue weighted by Crippen LogP contribution is -2.29. The summed E-state index contributed by atoms with van der Waals surface area (Å²) in [5, 5.41) is 3.51. The summed E-state index contributed by atoms with van der Waals surface area (Å²) in [5.41, 5.74) is 3.14. The summed E-state index contributed by atoms with van der Waals surface area (Å²) in [6, 6.07) is 9.34. The van der Waals surface area contributed by atoms with Gasteiger partial charge in [-0.1, -0.05) is 65.8 Å². The van der Waals surface area contributed by atoms with Gasteiger partial charge < -0.3 is 5.32 Å². The minimum Gasteiger partial charge on any atom is -0.310 e. The van der Waals surface area contributed by atoms with Gasteiger partial charge in [0.1, 0.15) is 0 Å². The highest BCUT2D eigenvalue weighted by Gasteiger charge is 2.26. The molecule has 0 atom stereocenters. The largest absolute Gasteiger partial charge is 0.310 e. The lowest BCUT2D eigenvalue weighted by atomic mass is 9.73. The van der Waals surface area contributed by atoms with E-state index in [0.717, 1.165) is 6.54 Å². The topological polar surface area (TPSA) is 12.0 Å². The minimum atomic E-state index is 0.231. The Balaban J connectivity index is 2.99. The Labute approximate surface area is 107 Å². The molecular formula is C16H27N. The molecule has 17 heavy (non-hydrogen) atoms. The van der Waals surface area contributed by atoms with Crippen LogP contribution in [0.1, 0.15) is 52.7 Å². The number of nitrogens with one attached hydrogen (secondary N) is 1. The van der Waals surface area contributed by atoms with Gasteiger partial charge >= 0.3 is 0 Å². The van der Waals surface area contributed by atoms with Crippen molar-refractivity contribution in [3.05, 3.63) is 35.4 Å². The SMILES string of the molecule is CC(C)NCc1ccccc1C(C)(C)C(C)C. The van der Waals surface area contributed by atoms with Crippen LogP contribution in [-0.2, 0) is 12.0 Å². The van der Waals surface area contributed by atoms with Gasteiger partial charge in [-0.2, -0.15) is 0 Å². The molecule has 0 aromatic heterocycles. The van der Waals surface area contributed by atoms with Gasteiger partial charge in [0.05, 0.1) is 0 Å². The Bertz CT molecular complexity index is 350. The third-order valence-electron chi connectivity index (χ3n) is 3.86. The van der Waals surface area contributed by atoms with Crippen molar-refractivity contribution in [1.82, 2.24) is 5.32 Å². The van der Waals surface area contributed by atoms with Crippen LogP contribution in [-0.4, -0.2) is 6.04 Å². The van der Waals surface area contributed by atoms with Crippen LogP contribution in [0.15, 0.2) is 24.3 Å². The molecule has 0 unspecified atom stereocenters. The van der Waals surface area contributed by atoms with Gasteiger partial charge in [0, 0.05) is 12.6 Å². The van der Waals surface area contributed by atoms with Crippen molar-refractivity contribution in [3.63, 3.8) is 0 Å². The Morgan fingerprint density at radius 2 is 1.65 bits per heavy atom. The maximum absolute atomic E-state index is 3.51. The number of benzene rings is 1. The van der Waals surface area contributed by atoms with Gasteiger partial charge in [0.15, 0.2) is 0 Å². The lowest BCUT2D eigenvalue weighted by molar-refractivity contribution is 0.368. The Morgan fingerprint density at radius 3 is 2.18 bits per heavy atom. The van der Waals surface area contributed by atoms with Crippen LogP contribution in [0.5, 0.6) is 0 Å². The fourth-order valence-electron chi connectivity index (χ4n) is 1.93.